The number of aromatic nitrogens is 1. The monoisotopic (exact) mass is 360 g/mol. The summed E-state index contributed by atoms with van der Waals surface area (Å²) in [5, 5.41) is 14.8. The molecular weight excluding hydrogens is 344 g/mol. The van der Waals surface area contributed by atoms with E-state index in [1.54, 1.807) is 36.4 Å². The second kappa shape index (κ2) is 8.39. The van der Waals surface area contributed by atoms with Gasteiger partial charge in [-0.25, -0.2) is 5.43 Å². The normalized spacial score (nSPS) is 11.1. The molecule has 0 atom stereocenters. The van der Waals surface area contributed by atoms with Gasteiger partial charge in [0, 0.05) is 24.7 Å². The standard InChI is InChI=1S/C20H16N4O3/c25-20(17-10-2-4-12-19(17)23-14-5-6-15-23)22-21-13-7-9-16-8-1-3-11-18(16)24(26)27/h1-15H,(H,22,25)/b9-7+,21-13-. The first-order valence-electron chi connectivity index (χ1n) is 8.12. The highest BCUT2D eigenvalue weighted by atomic mass is 16.6. The lowest BCUT2D eigenvalue weighted by molar-refractivity contribution is -0.385. The number of nitro groups is 1. The fraction of sp³-hybridized carbons (Fsp3) is 0. The number of allylic oxidation sites excluding steroid dienone is 1. The van der Waals surface area contributed by atoms with Crippen LogP contribution in [-0.2, 0) is 0 Å². The number of benzene rings is 2. The number of para-hydroxylation sites is 2. The molecule has 1 aromatic heterocycles. The van der Waals surface area contributed by atoms with E-state index in [0.29, 0.717) is 11.1 Å². The van der Waals surface area contributed by atoms with Crippen LogP contribution in [0.25, 0.3) is 11.8 Å². The molecule has 0 saturated heterocycles. The lowest BCUT2D eigenvalue weighted by atomic mass is 10.1. The zero-order chi connectivity index (χ0) is 19.1. The van der Waals surface area contributed by atoms with Crippen molar-refractivity contribution in [3.05, 3.63) is 100 Å². The van der Waals surface area contributed by atoms with E-state index in [1.165, 1.54) is 18.4 Å². The maximum Gasteiger partial charge on any atom is 0.276 e. The van der Waals surface area contributed by atoms with Gasteiger partial charge in [-0.05, 0) is 42.5 Å². The number of amides is 1. The summed E-state index contributed by atoms with van der Waals surface area (Å²) in [6, 6.07) is 17.3. The van der Waals surface area contributed by atoms with Gasteiger partial charge in [-0.15, -0.1) is 0 Å². The highest BCUT2D eigenvalue weighted by Crippen LogP contribution is 2.18. The number of rotatable bonds is 6. The third-order valence-corrected chi connectivity index (χ3v) is 3.77. The van der Waals surface area contributed by atoms with E-state index in [2.05, 4.69) is 10.5 Å². The van der Waals surface area contributed by atoms with Crippen molar-refractivity contribution in [2.45, 2.75) is 0 Å². The van der Waals surface area contributed by atoms with E-state index in [0.717, 1.165) is 5.69 Å². The van der Waals surface area contributed by atoms with Crippen molar-refractivity contribution in [3.8, 4) is 5.69 Å². The molecule has 7 nitrogen and oxygen atoms in total. The third-order valence-electron chi connectivity index (χ3n) is 3.77. The Morgan fingerprint density at radius 1 is 1.04 bits per heavy atom. The quantitative estimate of drug-likeness (QED) is 0.412. The summed E-state index contributed by atoms with van der Waals surface area (Å²) in [7, 11) is 0. The molecule has 0 saturated carbocycles. The van der Waals surface area contributed by atoms with Crippen LogP contribution in [0.1, 0.15) is 15.9 Å². The van der Waals surface area contributed by atoms with Crippen molar-refractivity contribution >= 4 is 23.9 Å². The number of nitrogens with zero attached hydrogens (tertiary/aromatic N) is 3. The Labute approximate surface area is 155 Å². The minimum absolute atomic E-state index is 0.00633. The van der Waals surface area contributed by atoms with Crippen molar-refractivity contribution in [1.82, 2.24) is 9.99 Å². The third kappa shape index (κ3) is 4.35. The fourth-order valence-electron chi connectivity index (χ4n) is 2.53. The van der Waals surface area contributed by atoms with Crippen LogP contribution in [0.15, 0.2) is 84.2 Å². The SMILES string of the molecule is O=C(N/N=C\C=C\c1ccccc1[N+](=O)[O-])c1ccccc1-n1cccc1. The number of hydrogen-bond acceptors (Lipinski definition) is 4. The van der Waals surface area contributed by atoms with Crippen molar-refractivity contribution in [2.75, 3.05) is 0 Å². The summed E-state index contributed by atoms with van der Waals surface area (Å²) < 4.78 is 1.84. The number of nitrogens with one attached hydrogen (secondary N) is 1. The maximum atomic E-state index is 12.4. The number of hydrogen-bond donors (Lipinski definition) is 1. The molecule has 0 aliphatic carbocycles. The molecule has 2 aromatic carbocycles. The summed E-state index contributed by atoms with van der Waals surface area (Å²) >= 11 is 0. The molecule has 0 aliphatic heterocycles. The van der Waals surface area contributed by atoms with Crippen LogP contribution < -0.4 is 5.43 Å². The van der Waals surface area contributed by atoms with Crippen molar-refractivity contribution < 1.29 is 9.72 Å². The van der Waals surface area contributed by atoms with E-state index in [1.807, 2.05) is 41.2 Å². The number of carbonyl (C=O) groups excluding carboxylic acids is 1. The second-order valence-electron chi connectivity index (χ2n) is 5.50. The molecule has 3 aromatic rings. The summed E-state index contributed by atoms with van der Waals surface area (Å²) in [5.74, 6) is -0.352. The average Bonchev–Trinajstić information content (AvgIpc) is 3.22. The summed E-state index contributed by atoms with van der Waals surface area (Å²) in [6.45, 7) is 0. The van der Waals surface area contributed by atoms with Gasteiger partial charge >= 0.3 is 0 Å². The molecule has 27 heavy (non-hydrogen) atoms. The molecule has 0 spiro atoms. The molecule has 134 valence electrons. The minimum Gasteiger partial charge on any atom is -0.323 e. The van der Waals surface area contributed by atoms with Crippen molar-refractivity contribution in [2.24, 2.45) is 5.10 Å². The van der Waals surface area contributed by atoms with Crippen LogP contribution in [-0.4, -0.2) is 21.6 Å². The predicted molar refractivity (Wildman–Crippen MR) is 104 cm³/mol. The molecular formula is C20H16N4O3. The van der Waals surface area contributed by atoms with Gasteiger partial charge in [-0.3, -0.25) is 14.9 Å². The zero-order valence-electron chi connectivity index (χ0n) is 14.2. The van der Waals surface area contributed by atoms with Gasteiger partial charge in [0.25, 0.3) is 11.6 Å². The van der Waals surface area contributed by atoms with Crippen LogP contribution in [0.4, 0.5) is 5.69 Å². The molecule has 0 bridgehead atoms. The van der Waals surface area contributed by atoms with Crippen LogP contribution in [0.3, 0.4) is 0 Å². The smallest absolute Gasteiger partial charge is 0.276 e. The van der Waals surface area contributed by atoms with Gasteiger partial charge in [0.05, 0.1) is 21.7 Å². The Kier molecular flexibility index (Phi) is 5.54. The number of carbonyl (C=O) groups is 1. The highest BCUT2D eigenvalue weighted by Gasteiger charge is 2.11. The maximum absolute atomic E-state index is 12.4. The Balaban J connectivity index is 1.68. The summed E-state index contributed by atoms with van der Waals surface area (Å²) in [5.41, 5.74) is 4.14. The Morgan fingerprint density at radius 2 is 1.74 bits per heavy atom. The molecule has 1 N–H and O–H groups in total. The van der Waals surface area contributed by atoms with E-state index in [9.17, 15) is 14.9 Å². The lowest BCUT2D eigenvalue weighted by Gasteiger charge is -2.08. The highest BCUT2D eigenvalue weighted by molar-refractivity contribution is 5.98. The molecule has 1 amide bonds. The summed E-state index contributed by atoms with van der Waals surface area (Å²) in [6.07, 6.45) is 8.16. The molecule has 1 heterocycles. The van der Waals surface area contributed by atoms with Gasteiger partial charge in [0.15, 0.2) is 0 Å². The average molecular weight is 360 g/mol. The van der Waals surface area contributed by atoms with Gasteiger partial charge in [-0.1, -0.05) is 24.3 Å². The molecule has 0 aliphatic rings. The Morgan fingerprint density at radius 3 is 2.52 bits per heavy atom. The predicted octanol–water partition coefficient (Wildman–Crippen LogP) is 3.81. The van der Waals surface area contributed by atoms with Gasteiger partial charge < -0.3 is 4.57 Å². The number of nitro benzene ring substituents is 1. The number of hydrazone groups is 1. The Bertz CT molecular complexity index is 1010. The fourth-order valence-corrected chi connectivity index (χ4v) is 2.53. The first kappa shape index (κ1) is 17.8. The topological polar surface area (TPSA) is 89.5 Å². The Hall–Kier alpha value is -4.00. The molecule has 7 heteroatoms. The van der Waals surface area contributed by atoms with Crippen LogP contribution in [0, 0.1) is 10.1 Å². The summed E-state index contributed by atoms with van der Waals surface area (Å²) in [4.78, 5) is 22.9. The second-order valence-corrected chi connectivity index (χ2v) is 5.50. The largest absolute Gasteiger partial charge is 0.323 e. The van der Waals surface area contributed by atoms with Gasteiger partial charge in [0.2, 0.25) is 0 Å². The van der Waals surface area contributed by atoms with Gasteiger partial charge in [0.1, 0.15) is 0 Å². The van der Waals surface area contributed by atoms with Gasteiger partial charge in [-0.2, -0.15) is 5.10 Å². The molecule has 0 fully saturated rings. The molecule has 3 rings (SSSR count). The van der Waals surface area contributed by atoms with E-state index in [4.69, 9.17) is 0 Å². The van der Waals surface area contributed by atoms with Crippen LogP contribution >= 0.6 is 0 Å². The van der Waals surface area contributed by atoms with Crippen molar-refractivity contribution in [3.63, 3.8) is 0 Å². The van der Waals surface area contributed by atoms with Crippen LogP contribution in [0.5, 0.6) is 0 Å². The molecule has 0 unspecified atom stereocenters. The first-order chi connectivity index (χ1) is 13.2. The zero-order valence-corrected chi connectivity index (χ0v) is 14.2. The first-order valence-corrected chi connectivity index (χ1v) is 8.12. The van der Waals surface area contributed by atoms with Crippen LogP contribution in [0.2, 0.25) is 0 Å². The van der Waals surface area contributed by atoms with Crippen molar-refractivity contribution in [1.29, 1.82) is 0 Å². The van der Waals surface area contributed by atoms with E-state index < -0.39 is 4.92 Å². The van der Waals surface area contributed by atoms with E-state index in [-0.39, 0.29) is 11.6 Å². The molecule has 0 radical (unpaired) electrons. The lowest BCUT2D eigenvalue weighted by Crippen LogP contribution is -2.19. The minimum atomic E-state index is -0.448. The van der Waals surface area contributed by atoms with E-state index >= 15 is 0 Å².